The largest absolute Gasteiger partial charge is 0.497 e. The summed E-state index contributed by atoms with van der Waals surface area (Å²) in [6.45, 7) is 6.81. The first-order chi connectivity index (χ1) is 6.60. The fourth-order valence-corrected chi connectivity index (χ4v) is 1.81. The topological polar surface area (TPSA) is 9.23 Å². The maximum absolute atomic E-state index is 5.14. The van der Waals surface area contributed by atoms with Crippen molar-refractivity contribution < 1.29 is 4.74 Å². The van der Waals surface area contributed by atoms with Crippen molar-refractivity contribution in [1.82, 2.24) is 0 Å². The summed E-state index contributed by atoms with van der Waals surface area (Å²) in [6.07, 6.45) is 2.44. The van der Waals surface area contributed by atoms with Crippen LogP contribution in [0.1, 0.15) is 39.2 Å². The van der Waals surface area contributed by atoms with Gasteiger partial charge in [-0.3, -0.25) is 0 Å². The van der Waals surface area contributed by atoms with E-state index in [2.05, 4.69) is 32.9 Å². The van der Waals surface area contributed by atoms with Gasteiger partial charge in [-0.1, -0.05) is 39.3 Å². The van der Waals surface area contributed by atoms with Gasteiger partial charge in [-0.25, -0.2) is 0 Å². The molecule has 0 atom stereocenters. The Morgan fingerprint density at radius 3 is 2.14 bits per heavy atom. The lowest BCUT2D eigenvalue weighted by Gasteiger charge is -2.24. The van der Waals surface area contributed by atoms with Gasteiger partial charge in [0.05, 0.1) is 7.11 Å². The van der Waals surface area contributed by atoms with E-state index in [1.807, 2.05) is 12.1 Å². The molecule has 0 aliphatic carbocycles. The number of ether oxygens (including phenoxy) is 1. The lowest BCUT2D eigenvalue weighted by molar-refractivity contribution is 0.413. The molecule has 1 rings (SSSR count). The maximum Gasteiger partial charge on any atom is 0.118 e. The average molecular weight is 192 g/mol. The summed E-state index contributed by atoms with van der Waals surface area (Å²) >= 11 is 0. The van der Waals surface area contributed by atoms with Crippen LogP contribution in [0.4, 0.5) is 0 Å². The highest BCUT2D eigenvalue weighted by molar-refractivity contribution is 5.31. The normalized spacial score (nSPS) is 11.4. The van der Waals surface area contributed by atoms with Gasteiger partial charge >= 0.3 is 0 Å². The summed E-state index contributed by atoms with van der Waals surface area (Å²) in [5.74, 6) is 0.932. The summed E-state index contributed by atoms with van der Waals surface area (Å²) in [5, 5.41) is 0. The Morgan fingerprint density at radius 2 is 1.71 bits per heavy atom. The van der Waals surface area contributed by atoms with Crippen LogP contribution < -0.4 is 4.74 Å². The van der Waals surface area contributed by atoms with Gasteiger partial charge in [-0.2, -0.15) is 0 Å². The van der Waals surface area contributed by atoms with E-state index in [4.69, 9.17) is 4.74 Å². The van der Waals surface area contributed by atoms with Crippen LogP contribution >= 0.6 is 0 Å². The summed E-state index contributed by atoms with van der Waals surface area (Å²) in [7, 11) is 1.70. The molecular formula is C13H20O. The van der Waals surface area contributed by atoms with Crippen molar-refractivity contribution in [2.45, 2.75) is 39.0 Å². The molecule has 0 aliphatic heterocycles. The summed E-state index contributed by atoms with van der Waals surface area (Å²) < 4.78 is 5.14. The lowest BCUT2D eigenvalue weighted by atomic mass is 9.81. The van der Waals surface area contributed by atoms with Crippen LogP contribution in [0.5, 0.6) is 5.75 Å². The number of rotatable bonds is 4. The zero-order chi connectivity index (χ0) is 10.6. The van der Waals surface area contributed by atoms with Crippen LogP contribution in [-0.2, 0) is 5.41 Å². The van der Waals surface area contributed by atoms with Crippen molar-refractivity contribution in [3.63, 3.8) is 0 Å². The second-order valence-electron chi connectivity index (χ2n) is 4.36. The van der Waals surface area contributed by atoms with E-state index in [-0.39, 0.29) is 5.41 Å². The molecular weight excluding hydrogens is 172 g/mol. The molecule has 0 saturated carbocycles. The molecule has 1 nitrogen and oxygen atoms in total. The van der Waals surface area contributed by atoms with Crippen LogP contribution in [-0.4, -0.2) is 7.11 Å². The third kappa shape index (κ3) is 2.50. The first-order valence-corrected chi connectivity index (χ1v) is 5.24. The van der Waals surface area contributed by atoms with Gasteiger partial charge in [0.2, 0.25) is 0 Å². The average Bonchev–Trinajstić information content (AvgIpc) is 2.18. The molecule has 0 saturated heterocycles. The van der Waals surface area contributed by atoms with E-state index in [1.54, 1.807) is 7.11 Å². The Kier molecular flexibility index (Phi) is 3.56. The molecule has 0 N–H and O–H groups in total. The minimum absolute atomic E-state index is 0.279. The number of hydrogen-bond acceptors (Lipinski definition) is 1. The van der Waals surface area contributed by atoms with Crippen LogP contribution in [0.2, 0.25) is 0 Å². The molecule has 0 amide bonds. The predicted molar refractivity (Wildman–Crippen MR) is 60.9 cm³/mol. The molecule has 14 heavy (non-hydrogen) atoms. The van der Waals surface area contributed by atoms with E-state index >= 15 is 0 Å². The first-order valence-electron chi connectivity index (χ1n) is 5.24. The molecule has 0 spiro atoms. The van der Waals surface area contributed by atoms with E-state index in [0.717, 1.165) is 5.75 Å². The summed E-state index contributed by atoms with van der Waals surface area (Å²) in [6, 6.07) is 8.39. The van der Waals surface area contributed by atoms with E-state index in [9.17, 15) is 0 Å². The molecule has 0 bridgehead atoms. The summed E-state index contributed by atoms with van der Waals surface area (Å²) in [5.41, 5.74) is 1.67. The van der Waals surface area contributed by atoms with Gasteiger partial charge in [0.1, 0.15) is 5.75 Å². The second kappa shape index (κ2) is 4.50. The van der Waals surface area contributed by atoms with Crippen molar-refractivity contribution in [1.29, 1.82) is 0 Å². The minimum atomic E-state index is 0.279. The number of methoxy groups -OCH3 is 1. The highest BCUT2D eigenvalue weighted by Gasteiger charge is 2.18. The predicted octanol–water partition coefficient (Wildman–Crippen LogP) is 3.77. The number of benzene rings is 1. The minimum Gasteiger partial charge on any atom is -0.497 e. The zero-order valence-electron chi connectivity index (χ0n) is 9.63. The van der Waals surface area contributed by atoms with Gasteiger partial charge in [0, 0.05) is 0 Å². The monoisotopic (exact) mass is 192 g/mol. The zero-order valence-corrected chi connectivity index (χ0v) is 9.63. The van der Waals surface area contributed by atoms with Crippen molar-refractivity contribution in [3.8, 4) is 5.75 Å². The Bertz CT molecular complexity index is 272. The molecule has 1 aromatic rings. The fourth-order valence-electron chi connectivity index (χ4n) is 1.81. The Balaban J connectivity index is 2.85. The van der Waals surface area contributed by atoms with Crippen molar-refractivity contribution in [2.75, 3.05) is 7.11 Å². The molecule has 0 fully saturated rings. The standard InChI is InChI=1S/C13H20O/c1-5-10-13(2,3)11-6-8-12(14-4)9-7-11/h6-9H,5,10H2,1-4H3. The second-order valence-corrected chi connectivity index (χ2v) is 4.36. The van der Waals surface area contributed by atoms with Crippen molar-refractivity contribution in [2.24, 2.45) is 0 Å². The SMILES string of the molecule is CCCC(C)(C)c1ccc(OC)cc1. The molecule has 1 heteroatoms. The third-order valence-electron chi connectivity index (χ3n) is 2.75. The highest BCUT2D eigenvalue weighted by atomic mass is 16.5. The van der Waals surface area contributed by atoms with Gasteiger partial charge < -0.3 is 4.74 Å². The fraction of sp³-hybridized carbons (Fsp3) is 0.538. The smallest absolute Gasteiger partial charge is 0.118 e. The van der Waals surface area contributed by atoms with E-state index in [0.29, 0.717) is 0 Å². The lowest BCUT2D eigenvalue weighted by Crippen LogP contribution is -2.16. The molecule has 78 valence electrons. The van der Waals surface area contributed by atoms with E-state index in [1.165, 1.54) is 18.4 Å². The van der Waals surface area contributed by atoms with Gasteiger partial charge in [-0.15, -0.1) is 0 Å². The van der Waals surface area contributed by atoms with Crippen molar-refractivity contribution >= 4 is 0 Å². The Morgan fingerprint density at radius 1 is 1.14 bits per heavy atom. The van der Waals surface area contributed by atoms with Gasteiger partial charge in [-0.05, 0) is 29.5 Å². The molecule has 0 heterocycles. The number of hydrogen-bond donors (Lipinski definition) is 0. The van der Waals surface area contributed by atoms with Crippen LogP contribution in [0.15, 0.2) is 24.3 Å². The Hall–Kier alpha value is -0.980. The van der Waals surface area contributed by atoms with Gasteiger partial charge in [0.15, 0.2) is 0 Å². The first kappa shape index (κ1) is 11.1. The molecule has 0 unspecified atom stereocenters. The molecule has 0 radical (unpaired) electrons. The van der Waals surface area contributed by atoms with Crippen LogP contribution in [0.3, 0.4) is 0 Å². The molecule has 0 aromatic heterocycles. The maximum atomic E-state index is 5.14. The van der Waals surface area contributed by atoms with Crippen molar-refractivity contribution in [3.05, 3.63) is 29.8 Å². The quantitative estimate of drug-likeness (QED) is 0.705. The Labute approximate surface area is 87.1 Å². The van der Waals surface area contributed by atoms with Crippen LogP contribution in [0, 0.1) is 0 Å². The third-order valence-corrected chi connectivity index (χ3v) is 2.75. The highest BCUT2D eigenvalue weighted by Crippen LogP contribution is 2.29. The van der Waals surface area contributed by atoms with Crippen LogP contribution in [0.25, 0.3) is 0 Å². The molecule has 1 aromatic carbocycles. The van der Waals surface area contributed by atoms with E-state index < -0.39 is 0 Å². The van der Waals surface area contributed by atoms with Gasteiger partial charge in [0.25, 0.3) is 0 Å². The molecule has 0 aliphatic rings. The summed E-state index contributed by atoms with van der Waals surface area (Å²) in [4.78, 5) is 0.